The van der Waals surface area contributed by atoms with Crippen LogP contribution in [0.1, 0.15) is 119 Å². The monoisotopic (exact) mass is 853 g/mol. The molecule has 4 N–H and O–H groups in total. The summed E-state index contributed by atoms with van der Waals surface area (Å²) >= 11 is 0. The number of pyridine rings is 2. The van der Waals surface area contributed by atoms with Crippen molar-refractivity contribution in [2.45, 2.75) is 148 Å². The number of hydrogen-bond acceptors (Lipinski definition) is 12. The molecule has 0 unspecified atom stereocenters. The number of anilines is 2. The van der Waals surface area contributed by atoms with Crippen LogP contribution in [0.15, 0.2) is 73.1 Å². The van der Waals surface area contributed by atoms with Crippen LogP contribution in [0.25, 0.3) is 44.3 Å². The minimum Gasteiger partial charge on any atom is -0.507 e. The van der Waals surface area contributed by atoms with Gasteiger partial charge >= 0.3 is 0 Å². The van der Waals surface area contributed by atoms with Crippen LogP contribution in [0.5, 0.6) is 11.5 Å². The first kappa shape index (κ1) is 45.6. The zero-order valence-electron chi connectivity index (χ0n) is 39.7. The van der Waals surface area contributed by atoms with Crippen LogP contribution in [-0.2, 0) is 6.42 Å². The van der Waals surface area contributed by atoms with E-state index in [1.165, 1.54) is 11.1 Å². The van der Waals surface area contributed by atoms with Crippen molar-refractivity contribution in [3.8, 4) is 34.0 Å². The van der Waals surface area contributed by atoms with E-state index in [4.69, 9.17) is 0 Å². The molecule has 0 amide bonds. The maximum absolute atomic E-state index is 10.6. The number of piperidine rings is 2. The molecule has 0 aliphatic carbocycles. The van der Waals surface area contributed by atoms with Gasteiger partial charge in [0.15, 0.2) is 11.6 Å². The van der Waals surface area contributed by atoms with E-state index in [2.05, 4.69) is 153 Å². The minimum atomic E-state index is 0.0633. The van der Waals surface area contributed by atoms with Gasteiger partial charge < -0.3 is 30.6 Å². The predicted molar refractivity (Wildman–Crippen MR) is 258 cm³/mol. The van der Waals surface area contributed by atoms with Gasteiger partial charge in [-0.05, 0) is 153 Å². The number of aromatic hydroxyl groups is 2. The molecule has 334 valence electrons. The molecule has 2 aromatic carbocycles. The lowest BCUT2D eigenvalue weighted by molar-refractivity contribution is 0.160. The van der Waals surface area contributed by atoms with Gasteiger partial charge in [-0.2, -0.15) is 0 Å². The lowest BCUT2D eigenvalue weighted by Gasteiger charge is -2.49. The highest BCUT2D eigenvalue weighted by atomic mass is 16.3. The van der Waals surface area contributed by atoms with E-state index in [1.807, 2.05) is 48.8 Å². The first-order chi connectivity index (χ1) is 29.5. The summed E-state index contributed by atoms with van der Waals surface area (Å²) in [6, 6.07) is 20.2. The fourth-order valence-corrected chi connectivity index (χ4v) is 10.1. The second-order valence-corrected chi connectivity index (χ2v) is 20.9. The van der Waals surface area contributed by atoms with Crippen molar-refractivity contribution in [3.05, 3.63) is 84.2 Å². The summed E-state index contributed by atoms with van der Waals surface area (Å²) in [4.78, 5) is 13.4. The number of nitrogens with zero attached hydrogens (tertiary/aromatic N) is 8. The van der Waals surface area contributed by atoms with Crippen LogP contribution < -0.4 is 20.4 Å². The van der Waals surface area contributed by atoms with Crippen molar-refractivity contribution < 1.29 is 10.2 Å². The molecule has 2 saturated heterocycles. The molecule has 4 aromatic heterocycles. The number of phenolic OH excluding ortho intramolecular Hbond substituents is 2. The average molecular weight is 853 g/mol. The summed E-state index contributed by atoms with van der Waals surface area (Å²) in [6.07, 6.45) is 8.79. The molecule has 12 heteroatoms. The molecule has 6 aromatic rings. The highest BCUT2D eigenvalue weighted by molar-refractivity contribution is 5.88. The number of nitrogens with one attached hydrogen (secondary N) is 2. The van der Waals surface area contributed by atoms with E-state index < -0.39 is 0 Å². The van der Waals surface area contributed by atoms with Gasteiger partial charge in [-0.15, -0.1) is 20.4 Å². The summed E-state index contributed by atoms with van der Waals surface area (Å²) < 4.78 is 0. The van der Waals surface area contributed by atoms with E-state index >= 15 is 0 Å². The maximum atomic E-state index is 10.6. The molecule has 0 atom stereocenters. The van der Waals surface area contributed by atoms with E-state index in [0.29, 0.717) is 40.5 Å². The number of aromatic nitrogens is 6. The standard InChI is InChI=1S/C26H35N5O.C25H33N5O/c1-16(2)18-10-17-11-20(23(32)12-22(17)27-15-18)21-8-9-24(29-28-21)31(7)19-13-25(3,4)30-26(5,6)14-19;1-7-16-10-17-11-19(22(31)12-21(17)26-15-16)20-8-9-23(28-27-20)30(6)18-13-24(2,3)29-25(4,5)14-18/h8-12,15-16,19,30,32H,13-14H2,1-7H3;8-12,15,18,29,31H,7,13-14H2,1-6H3. The van der Waals surface area contributed by atoms with E-state index in [1.54, 1.807) is 12.1 Å². The molecule has 63 heavy (non-hydrogen) atoms. The van der Waals surface area contributed by atoms with Crippen molar-refractivity contribution in [2.24, 2.45) is 0 Å². The Balaban J connectivity index is 0.000000189. The topological polar surface area (TPSA) is 148 Å². The van der Waals surface area contributed by atoms with Gasteiger partial charge in [-0.1, -0.05) is 20.8 Å². The van der Waals surface area contributed by atoms with Crippen LogP contribution in [-0.4, -0.2) is 88.9 Å². The fraction of sp³-hybridized carbons (Fsp3) is 0.490. The zero-order valence-corrected chi connectivity index (χ0v) is 39.7. The molecule has 0 radical (unpaired) electrons. The molecule has 2 aliphatic rings. The van der Waals surface area contributed by atoms with Gasteiger partial charge in [-0.25, -0.2) is 0 Å². The van der Waals surface area contributed by atoms with Gasteiger partial charge in [0.25, 0.3) is 0 Å². The summed E-state index contributed by atoms with van der Waals surface area (Å²) in [7, 11) is 4.19. The predicted octanol–water partition coefficient (Wildman–Crippen LogP) is 9.97. The first-order valence-corrected chi connectivity index (χ1v) is 22.5. The molecule has 8 rings (SSSR count). The summed E-state index contributed by atoms with van der Waals surface area (Å²) in [5.41, 5.74) is 6.81. The van der Waals surface area contributed by atoms with E-state index in [-0.39, 0.29) is 33.7 Å². The Morgan fingerprint density at radius 1 is 0.587 bits per heavy atom. The Bertz CT molecular complexity index is 2540. The van der Waals surface area contributed by atoms with E-state index in [0.717, 1.165) is 65.5 Å². The van der Waals surface area contributed by atoms with Gasteiger partial charge in [-0.3, -0.25) is 9.97 Å². The van der Waals surface area contributed by atoms with Crippen LogP contribution in [0.3, 0.4) is 0 Å². The normalized spacial score (nSPS) is 18.3. The molecule has 2 aliphatic heterocycles. The van der Waals surface area contributed by atoms with Gasteiger partial charge in [0.05, 0.1) is 22.4 Å². The van der Waals surface area contributed by atoms with Crippen molar-refractivity contribution in [3.63, 3.8) is 0 Å². The van der Waals surface area contributed by atoms with Crippen LogP contribution >= 0.6 is 0 Å². The Kier molecular flexibility index (Phi) is 12.5. The summed E-state index contributed by atoms with van der Waals surface area (Å²) in [5.74, 6) is 2.42. The Labute approximate surface area is 374 Å². The molecule has 0 spiro atoms. The van der Waals surface area contributed by atoms with Crippen LogP contribution in [0, 0.1) is 0 Å². The quantitative estimate of drug-likeness (QED) is 0.116. The lowest BCUT2D eigenvalue weighted by atomic mass is 9.79. The molecular weight excluding hydrogens is 785 g/mol. The minimum absolute atomic E-state index is 0.0633. The molecule has 12 nitrogen and oxygen atoms in total. The maximum Gasteiger partial charge on any atom is 0.151 e. The second-order valence-electron chi connectivity index (χ2n) is 20.9. The van der Waals surface area contributed by atoms with Crippen molar-refractivity contribution in [1.82, 2.24) is 41.0 Å². The molecule has 2 fully saturated rings. The highest BCUT2D eigenvalue weighted by Crippen LogP contribution is 2.37. The third kappa shape index (κ3) is 10.5. The van der Waals surface area contributed by atoms with Gasteiger partial charge in [0.1, 0.15) is 11.5 Å². The first-order valence-electron chi connectivity index (χ1n) is 22.5. The highest BCUT2D eigenvalue weighted by Gasteiger charge is 2.41. The molecular formula is C51H68N10O2. The number of fused-ring (bicyclic) bond motifs is 2. The number of phenols is 2. The number of hydrogen-bond donors (Lipinski definition) is 4. The third-order valence-corrected chi connectivity index (χ3v) is 12.8. The molecule has 0 bridgehead atoms. The van der Waals surface area contributed by atoms with Gasteiger partial charge in [0, 0.05) is 94.8 Å². The molecule has 6 heterocycles. The SMILES string of the molecule is CC(C)c1cnc2cc(O)c(-c3ccc(N(C)C4CC(C)(C)NC(C)(C)C4)nn3)cc2c1.CCc1cnc2cc(O)c(-c3ccc(N(C)C4CC(C)(C)NC(C)(C)C4)nn3)cc2c1. The summed E-state index contributed by atoms with van der Waals surface area (Å²) in [6.45, 7) is 24.4. The second kappa shape index (κ2) is 17.3. The molecule has 0 saturated carbocycles. The average Bonchev–Trinajstić information content (AvgIpc) is 3.20. The zero-order chi connectivity index (χ0) is 45.6. The van der Waals surface area contributed by atoms with Crippen molar-refractivity contribution in [1.29, 1.82) is 0 Å². The van der Waals surface area contributed by atoms with Crippen LogP contribution in [0.2, 0.25) is 0 Å². The Hall–Kier alpha value is -5.46. The Morgan fingerprint density at radius 2 is 1.00 bits per heavy atom. The Morgan fingerprint density at radius 3 is 1.38 bits per heavy atom. The van der Waals surface area contributed by atoms with Gasteiger partial charge in [0.2, 0.25) is 0 Å². The summed E-state index contributed by atoms with van der Waals surface area (Å²) in [5, 5.41) is 48.6. The number of aryl methyl sites for hydroxylation is 1. The number of rotatable bonds is 8. The lowest BCUT2D eigenvalue weighted by Crippen LogP contribution is -2.62. The van der Waals surface area contributed by atoms with Crippen LogP contribution in [0.4, 0.5) is 11.6 Å². The largest absolute Gasteiger partial charge is 0.507 e. The number of benzene rings is 2. The smallest absolute Gasteiger partial charge is 0.151 e. The van der Waals surface area contributed by atoms with Crippen molar-refractivity contribution in [2.75, 3.05) is 23.9 Å². The third-order valence-electron chi connectivity index (χ3n) is 12.8. The fourth-order valence-electron chi connectivity index (χ4n) is 10.1. The van der Waals surface area contributed by atoms with E-state index in [9.17, 15) is 10.2 Å². The van der Waals surface area contributed by atoms with Crippen molar-refractivity contribution >= 4 is 33.4 Å².